The van der Waals surface area contributed by atoms with Crippen molar-refractivity contribution in [2.75, 3.05) is 20.1 Å². The normalized spacial score (nSPS) is 19.2. The number of halogens is 2. The van der Waals surface area contributed by atoms with E-state index in [2.05, 4.69) is 5.32 Å². The molecule has 1 atom stereocenters. The van der Waals surface area contributed by atoms with Crippen molar-refractivity contribution < 1.29 is 13.6 Å². The molecule has 1 saturated heterocycles. The van der Waals surface area contributed by atoms with Crippen LogP contribution in [0.3, 0.4) is 0 Å². The van der Waals surface area contributed by atoms with Crippen LogP contribution in [0.2, 0.25) is 0 Å². The van der Waals surface area contributed by atoms with E-state index in [1.54, 1.807) is 11.9 Å². The van der Waals surface area contributed by atoms with Gasteiger partial charge in [0.1, 0.15) is 0 Å². The van der Waals surface area contributed by atoms with Crippen LogP contribution < -0.4 is 5.32 Å². The zero-order valence-electron chi connectivity index (χ0n) is 11.0. The molecule has 0 radical (unpaired) electrons. The van der Waals surface area contributed by atoms with Crippen molar-refractivity contribution in [3.05, 3.63) is 35.4 Å². The first kappa shape index (κ1) is 13.9. The lowest BCUT2D eigenvalue weighted by Crippen LogP contribution is -2.47. The van der Waals surface area contributed by atoms with E-state index in [4.69, 9.17) is 0 Å². The van der Waals surface area contributed by atoms with Gasteiger partial charge >= 0.3 is 0 Å². The van der Waals surface area contributed by atoms with Crippen molar-refractivity contribution in [1.82, 2.24) is 10.2 Å². The topological polar surface area (TPSA) is 32.3 Å². The summed E-state index contributed by atoms with van der Waals surface area (Å²) in [6, 6.07) is 3.77. The molecule has 1 unspecified atom stereocenters. The Balaban J connectivity index is 1.97. The van der Waals surface area contributed by atoms with Gasteiger partial charge in [-0.25, -0.2) is 8.78 Å². The number of benzene rings is 1. The Bertz CT molecular complexity index is 459. The molecule has 1 aliphatic heterocycles. The van der Waals surface area contributed by atoms with Crippen molar-refractivity contribution >= 4 is 5.91 Å². The van der Waals surface area contributed by atoms with Gasteiger partial charge in [0.05, 0.1) is 6.42 Å². The molecule has 2 rings (SSSR count). The summed E-state index contributed by atoms with van der Waals surface area (Å²) in [5.74, 6) is -1.87. The maximum atomic E-state index is 13.1. The molecule has 1 fully saturated rings. The number of nitrogens with zero attached hydrogens (tertiary/aromatic N) is 1. The third-order valence-electron chi connectivity index (χ3n) is 3.55. The van der Waals surface area contributed by atoms with Gasteiger partial charge in [-0.2, -0.15) is 0 Å². The molecule has 5 heteroatoms. The minimum Gasteiger partial charge on any atom is -0.341 e. The molecule has 1 aliphatic rings. The van der Waals surface area contributed by atoms with Gasteiger partial charge < -0.3 is 10.2 Å². The highest BCUT2D eigenvalue weighted by atomic mass is 19.2. The van der Waals surface area contributed by atoms with E-state index in [1.807, 2.05) is 0 Å². The van der Waals surface area contributed by atoms with E-state index >= 15 is 0 Å². The van der Waals surface area contributed by atoms with Crippen LogP contribution in [0.4, 0.5) is 8.78 Å². The number of piperidine rings is 1. The minimum absolute atomic E-state index is 0.0697. The Labute approximate surface area is 111 Å². The highest BCUT2D eigenvalue weighted by Gasteiger charge is 2.22. The molecule has 19 heavy (non-hydrogen) atoms. The van der Waals surface area contributed by atoms with Crippen LogP contribution in [0.5, 0.6) is 0 Å². The second-order valence-corrected chi connectivity index (χ2v) is 4.93. The quantitative estimate of drug-likeness (QED) is 0.905. The van der Waals surface area contributed by atoms with Crippen LogP contribution in [-0.2, 0) is 11.2 Å². The van der Waals surface area contributed by atoms with Gasteiger partial charge in [-0.05, 0) is 37.1 Å². The predicted molar refractivity (Wildman–Crippen MR) is 68.7 cm³/mol. The molecule has 1 amide bonds. The molecule has 0 bridgehead atoms. The average Bonchev–Trinajstić information content (AvgIpc) is 2.43. The smallest absolute Gasteiger partial charge is 0.227 e. The van der Waals surface area contributed by atoms with Gasteiger partial charge in [0.15, 0.2) is 11.6 Å². The van der Waals surface area contributed by atoms with E-state index in [0.717, 1.165) is 38.1 Å². The molecule has 1 aromatic rings. The van der Waals surface area contributed by atoms with E-state index in [9.17, 15) is 13.6 Å². The van der Waals surface area contributed by atoms with E-state index in [1.165, 1.54) is 6.07 Å². The van der Waals surface area contributed by atoms with E-state index in [-0.39, 0.29) is 18.4 Å². The molecule has 1 aromatic carbocycles. The van der Waals surface area contributed by atoms with Crippen LogP contribution in [0.1, 0.15) is 18.4 Å². The fourth-order valence-corrected chi connectivity index (χ4v) is 2.32. The molecule has 104 valence electrons. The van der Waals surface area contributed by atoms with E-state index < -0.39 is 11.6 Å². The Kier molecular flexibility index (Phi) is 4.47. The molecular weight excluding hydrogens is 250 g/mol. The number of carbonyl (C=O) groups is 1. The number of carbonyl (C=O) groups excluding carboxylic acids is 1. The fraction of sp³-hybridized carbons (Fsp3) is 0.500. The highest BCUT2D eigenvalue weighted by molar-refractivity contribution is 5.78. The maximum absolute atomic E-state index is 13.1. The molecule has 0 aliphatic carbocycles. The number of hydrogen-bond donors (Lipinski definition) is 1. The van der Waals surface area contributed by atoms with Crippen molar-refractivity contribution in [2.45, 2.75) is 25.3 Å². The largest absolute Gasteiger partial charge is 0.341 e. The van der Waals surface area contributed by atoms with Crippen LogP contribution >= 0.6 is 0 Å². The summed E-state index contributed by atoms with van der Waals surface area (Å²) in [4.78, 5) is 13.8. The lowest BCUT2D eigenvalue weighted by molar-refractivity contribution is -0.131. The van der Waals surface area contributed by atoms with Gasteiger partial charge in [-0.15, -0.1) is 0 Å². The third kappa shape index (κ3) is 3.50. The predicted octanol–water partition coefficient (Wildman–Crippen LogP) is 1.72. The van der Waals surface area contributed by atoms with Crippen LogP contribution in [0.15, 0.2) is 18.2 Å². The summed E-state index contributed by atoms with van der Waals surface area (Å²) in [6.07, 6.45) is 2.13. The molecular formula is C14H18F2N2O. The average molecular weight is 268 g/mol. The van der Waals surface area contributed by atoms with Gasteiger partial charge in [0.2, 0.25) is 5.91 Å². The summed E-state index contributed by atoms with van der Waals surface area (Å²) in [6.45, 7) is 1.78. The van der Waals surface area contributed by atoms with Crippen LogP contribution in [0.25, 0.3) is 0 Å². The maximum Gasteiger partial charge on any atom is 0.227 e. The monoisotopic (exact) mass is 268 g/mol. The first-order chi connectivity index (χ1) is 9.08. The molecule has 3 nitrogen and oxygen atoms in total. The summed E-state index contributed by atoms with van der Waals surface area (Å²) >= 11 is 0. The SMILES string of the molecule is CN(C(=O)Cc1ccc(F)c(F)c1)C1CCCNC1. The second-order valence-electron chi connectivity index (χ2n) is 4.93. The minimum atomic E-state index is -0.910. The van der Waals surface area contributed by atoms with Crippen molar-refractivity contribution in [3.63, 3.8) is 0 Å². The first-order valence-corrected chi connectivity index (χ1v) is 6.48. The second kappa shape index (κ2) is 6.10. The lowest BCUT2D eigenvalue weighted by atomic mass is 10.0. The zero-order chi connectivity index (χ0) is 13.8. The standard InChI is InChI=1S/C14H18F2N2O/c1-18(11-3-2-6-17-9-11)14(19)8-10-4-5-12(15)13(16)7-10/h4-5,7,11,17H,2-3,6,8-9H2,1H3. The third-order valence-corrected chi connectivity index (χ3v) is 3.55. The Morgan fingerprint density at radius 1 is 1.42 bits per heavy atom. The summed E-state index contributed by atoms with van der Waals surface area (Å²) in [5.41, 5.74) is 0.500. The van der Waals surface area contributed by atoms with Crippen molar-refractivity contribution in [3.8, 4) is 0 Å². The summed E-state index contributed by atoms with van der Waals surface area (Å²) in [5, 5.41) is 3.25. The number of amides is 1. The number of likely N-dealkylation sites (N-methyl/N-ethyl adjacent to an activating group) is 1. The highest BCUT2D eigenvalue weighted by Crippen LogP contribution is 2.13. The van der Waals surface area contributed by atoms with Gasteiger partial charge in [0, 0.05) is 19.6 Å². The van der Waals surface area contributed by atoms with Gasteiger partial charge in [0.25, 0.3) is 0 Å². The van der Waals surface area contributed by atoms with E-state index in [0.29, 0.717) is 5.56 Å². The van der Waals surface area contributed by atoms with Crippen molar-refractivity contribution in [1.29, 1.82) is 0 Å². The van der Waals surface area contributed by atoms with Gasteiger partial charge in [-0.3, -0.25) is 4.79 Å². The number of rotatable bonds is 3. The van der Waals surface area contributed by atoms with Crippen LogP contribution in [-0.4, -0.2) is 37.0 Å². The number of nitrogens with one attached hydrogen (secondary N) is 1. The molecule has 0 aromatic heterocycles. The molecule has 0 spiro atoms. The Morgan fingerprint density at radius 2 is 2.21 bits per heavy atom. The fourth-order valence-electron chi connectivity index (χ4n) is 2.32. The molecule has 0 saturated carbocycles. The Hall–Kier alpha value is -1.49. The summed E-state index contributed by atoms with van der Waals surface area (Å²) < 4.78 is 25.9. The Morgan fingerprint density at radius 3 is 2.84 bits per heavy atom. The lowest BCUT2D eigenvalue weighted by Gasteiger charge is -2.31. The zero-order valence-corrected chi connectivity index (χ0v) is 11.0. The van der Waals surface area contributed by atoms with Gasteiger partial charge in [-0.1, -0.05) is 6.07 Å². The molecule has 1 heterocycles. The number of hydrogen-bond acceptors (Lipinski definition) is 2. The van der Waals surface area contributed by atoms with Crippen molar-refractivity contribution in [2.24, 2.45) is 0 Å². The molecule has 1 N–H and O–H groups in total. The first-order valence-electron chi connectivity index (χ1n) is 6.48. The van der Waals surface area contributed by atoms with Crippen LogP contribution in [0, 0.1) is 11.6 Å². The summed E-state index contributed by atoms with van der Waals surface area (Å²) in [7, 11) is 1.76.